The van der Waals surface area contributed by atoms with Crippen molar-refractivity contribution in [1.29, 1.82) is 0 Å². The Morgan fingerprint density at radius 1 is 1.14 bits per heavy atom. The lowest BCUT2D eigenvalue weighted by Gasteiger charge is -2.29. The van der Waals surface area contributed by atoms with E-state index in [1.54, 1.807) is 23.8 Å². The van der Waals surface area contributed by atoms with Gasteiger partial charge in [-0.1, -0.05) is 36.4 Å². The Labute approximate surface area is 174 Å². The number of benzene rings is 2. The SMILES string of the molecule is COc1ccc2c(c1OC)C(=O)N1C2SC(C)(C)[C@H]1C(=O)NCc1ccccc1. The van der Waals surface area contributed by atoms with Crippen LogP contribution in [0.15, 0.2) is 42.5 Å². The van der Waals surface area contributed by atoms with Gasteiger partial charge in [-0.3, -0.25) is 9.59 Å². The fourth-order valence-corrected chi connectivity index (χ4v) is 5.72. The summed E-state index contributed by atoms with van der Waals surface area (Å²) >= 11 is 1.62. The van der Waals surface area contributed by atoms with Crippen LogP contribution in [0, 0.1) is 0 Å². The van der Waals surface area contributed by atoms with E-state index in [-0.39, 0.29) is 17.2 Å². The number of carbonyl (C=O) groups excluding carboxylic acids is 2. The summed E-state index contributed by atoms with van der Waals surface area (Å²) in [5.41, 5.74) is 2.37. The van der Waals surface area contributed by atoms with Crippen LogP contribution >= 0.6 is 11.8 Å². The third-order valence-corrected chi connectivity index (χ3v) is 6.99. The smallest absolute Gasteiger partial charge is 0.260 e. The van der Waals surface area contributed by atoms with Crippen LogP contribution in [-0.4, -0.2) is 41.7 Å². The molecule has 1 unspecified atom stereocenters. The summed E-state index contributed by atoms with van der Waals surface area (Å²) in [6.45, 7) is 4.45. The van der Waals surface area contributed by atoms with Gasteiger partial charge in [0.1, 0.15) is 11.4 Å². The minimum Gasteiger partial charge on any atom is -0.493 e. The first-order chi connectivity index (χ1) is 13.9. The van der Waals surface area contributed by atoms with Crippen molar-refractivity contribution >= 4 is 23.6 Å². The molecule has 0 aliphatic carbocycles. The second-order valence-electron chi connectivity index (χ2n) is 7.66. The zero-order valence-corrected chi connectivity index (χ0v) is 17.7. The molecule has 0 saturated carbocycles. The van der Waals surface area contributed by atoms with E-state index in [1.807, 2.05) is 56.3 Å². The predicted octanol–water partition coefficient (Wildman–Crippen LogP) is 3.37. The van der Waals surface area contributed by atoms with Crippen LogP contribution in [-0.2, 0) is 11.3 Å². The molecule has 0 spiro atoms. The highest BCUT2D eigenvalue weighted by Gasteiger charge is 2.58. The number of thioether (sulfide) groups is 1. The molecule has 1 N–H and O–H groups in total. The number of carbonyl (C=O) groups is 2. The lowest BCUT2D eigenvalue weighted by Crippen LogP contribution is -2.52. The van der Waals surface area contributed by atoms with Gasteiger partial charge in [0.05, 0.1) is 19.8 Å². The molecule has 152 valence electrons. The predicted molar refractivity (Wildman–Crippen MR) is 112 cm³/mol. The Morgan fingerprint density at radius 3 is 2.52 bits per heavy atom. The normalized spacial score (nSPS) is 21.5. The van der Waals surface area contributed by atoms with Crippen molar-refractivity contribution in [2.75, 3.05) is 14.2 Å². The number of fused-ring (bicyclic) bond motifs is 3. The van der Waals surface area contributed by atoms with E-state index in [0.29, 0.717) is 23.6 Å². The molecule has 1 saturated heterocycles. The summed E-state index contributed by atoms with van der Waals surface area (Å²) in [5.74, 6) is 0.584. The molecule has 2 aliphatic rings. The number of methoxy groups -OCH3 is 2. The van der Waals surface area contributed by atoms with Crippen LogP contribution in [0.3, 0.4) is 0 Å². The van der Waals surface area contributed by atoms with Crippen LogP contribution in [0.2, 0.25) is 0 Å². The Bertz CT molecular complexity index is 961. The molecule has 2 aliphatic heterocycles. The first-order valence-corrected chi connectivity index (χ1v) is 10.3. The first kappa shape index (κ1) is 19.6. The van der Waals surface area contributed by atoms with Gasteiger partial charge < -0.3 is 19.7 Å². The minimum absolute atomic E-state index is 0.152. The summed E-state index contributed by atoms with van der Waals surface area (Å²) in [6, 6.07) is 12.9. The van der Waals surface area contributed by atoms with Crippen molar-refractivity contribution in [1.82, 2.24) is 10.2 Å². The summed E-state index contributed by atoms with van der Waals surface area (Å²) < 4.78 is 10.4. The Balaban J connectivity index is 1.65. The number of rotatable bonds is 5. The Hall–Kier alpha value is -2.67. The highest BCUT2D eigenvalue weighted by atomic mass is 32.2. The second kappa shape index (κ2) is 7.30. The molecule has 29 heavy (non-hydrogen) atoms. The molecule has 2 aromatic carbocycles. The van der Waals surface area contributed by atoms with Gasteiger partial charge in [0.15, 0.2) is 11.5 Å². The molecule has 2 amide bonds. The molecule has 2 aromatic rings. The average molecular weight is 413 g/mol. The van der Waals surface area contributed by atoms with E-state index < -0.39 is 10.8 Å². The quantitative estimate of drug-likeness (QED) is 0.816. The minimum atomic E-state index is -0.586. The van der Waals surface area contributed by atoms with E-state index in [4.69, 9.17) is 9.47 Å². The van der Waals surface area contributed by atoms with Gasteiger partial charge in [-0.05, 0) is 25.5 Å². The maximum absolute atomic E-state index is 13.4. The lowest BCUT2D eigenvalue weighted by atomic mass is 10.0. The monoisotopic (exact) mass is 412 g/mol. The molecule has 0 radical (unpaired) electrons. The average Bonchev–Trinajstić information content (AvgIpc) is 3.15. The van der Waals surface area contributed by atoms with Gasteiger partial charge in [0.25, 0.3) is 5.91 Å². The third-order valence-electron chi connectivity index (χ3n) is 5.45. The standard InChI is InChI=1S/C22H24N2O4S/c1-22(2)18(19(25)23-12-13-8-6-5-7-9-13)24-20(26)16-14(21(24)29-22)10-11-15(27-3)17(16)28-4/h5-11,18,21H,12H2,1-4H3,(H,23,25)/t18-,21?/m1/s1. The summed E-state index contributed by atoms with van der Waals surface area (Å²) in [7, 11) is 3.07. The molecule has 7 heteroatoms. The van der Waals surface area contributed by atoms with Crippen LogP contribution < -0.4 is 14.8 Å². The number of ether oxygens (including phenoxy) is 2. The fraction of sp³-hybridized carbons (Fsp3) is 0.364. The number of hydrogen-bond donors (Lipinski definition) is 1. The molecule has 0 bridgehead atoms. The molecule has 6 nitrogen and oxygen atoms in total. The third kappa shape index (κ3) is 3.13. The van der Waals surface area contributed by atoms with Crippen molar-refractivity contribution < 1.29 is 19.1 Å². The van der Waals surface area contributed by atoms with Crippen molar-refractivity contribution in [2.24, 2.45) is 0 Å². The number of nitrogens with zero attached hydrogens (tertiary/aromatic N) is 1. The molecule has 0 aromatic heterocycles. The Kier molecular flexibility index (Phi) is 4.94. The highest BCUT2D eigenvalue weighted by Crippen LogP contribution is 2.58. The van der Waals surface area contributed by atoms with Gasteiger partial charge >= 0.3 is 0 Å². The van der Waals surface area contributed by atoms with Crippen molar-refractivity contribution in [3.8, 4) is 11.5 Å². The summed E-state index contributed by atoms with van der Waals surface area (Å²) in [4.78, 5) is 28.3. The van der Waals surface area contributed by atoms with Gasteiger partial charge in [0, 0.05) is 16.9 Å². The maximum atomic E-state index is 13.4. The molecule has 1 fully saturated rings. The van der Waals surface area contributed by atoms with Crippen LogP contribution in [0.1, 0.15) is 40.7 Å². The van der Waals surface area contributed by atoms with E-state index in [0.717, 1.165) is 11.1 Å². The van der Waals surface area contributed by atoms with Crippen molar-refractivity contribution in [2.45, 2.75) is 36.6 Å². The Morgan fingerprint density at radius 2 is 1.86 bits per heavy atom. The van der Waals surface area contributed by atoms with Crippen LogP contribution in [0.5, 0.6) is 11.5 Å². The largest absolute Gasteiger partial charge is 0.493 e. The number of hydrogen-bond acceptors (Lipinski definition) is 5. The zero-order chi connectivity index (χ0) is 20.8. The van der Waals surface area contributed by atoms with E-state index in [9.17, 15) is 9.59 Å². The van der Waals surface area contributed by atoms with E-state index in [2.05, 4.69) is 5.32 Å². The number of nitrogens with one attached hydrogen (secondary N) is 1. The van der Waals surface area contributed by atoms with Crippen molar-refractivity contribution in [3.05, 3.63) is 59.2 Å². The van der Waals surface area contributed by atoms with Gasteiger partial charge in [-0.25, -0.2) is 0 Å². The van der Waals surface area contributed by atoms with Crippen LogP contribution in [0.25, 0.3) is 0 Å². The summed E-state index contributed by atoms with van der Waals surface area (Å²) in [5, 5.41) is 2.78. The van der Waals surface area contributed by atoms with E-state index in [1.165, 1.54) is 7.11 Å². The fourth-order valence-electron chi connectivity index (χ4n) is 4.14. The van der Waals surface area contributed by atoms with Gasteiger partial charge in [-0.2, -0.15) is 0 Å². The highest BCUT2D eigenvalue weighted by molar-refractivity contribution is 8.01. The maximum Gasteiger partial charge on any atom is 0.260 e. The van der Waals surface area contributed by atoms with Crippen LogP contribution in [0.4, 0.5) is 0 Å². The number of amides is 2. The zero-order valence-electron chi connectivity index (χ0n) is 16.9. The van der Waals surface area contributed by atoms with Gasteiger partial charge in [-0.15, -0.1) is 11.8 Å². The lowest BCUT2D eigenvalue weighted by molar-refractivity contribution is -0.126. The van der Waals surface area contributed by atoms with Gasteiger partial charge in [0.2, 0.25) is 5.91 Å². The first-order valence-electron chi connectivity index (χ1n) is 9.46. The van der Waals surface area contributed by atoms with E-state index >= 15 is 0 Å². The topological polar surface area (TPSA) is 67.9 Å². The molecule has 2 atom stereocenters. The molecule has 2 heterocycles. The molecular formula is C22H24N2O4S. The van der Waals surface area contributed by atoms with Crippen molar-refractivity contribution in [3.63, 3.8) is 0 Å². The second-order valence-corrected chi connectivity index (χ2v) is 9.39. The molecular weight excluding hydrogens is 388 g/mol. The summed E-state index contributed by atoms with van der Waals surface area (Å²) in [6.07, 6.45) is 0. The molecule has 4 rings (SSSR count).